The van der Waals surface area contributed by atoms with E-state index in [1.807, 2.05) is 20.8 Å². The summed E-state index contributed by atoms with van der Waals surface area (Å²) in [4.78, 5) is 14.4. The van der Waals surface area contributed by atoms with Crippen LogP contribution in [0.5, 0.6) is 0 Å². The maximum atomic E-state index is 14.4. The van der Waals surface area contributed by atoms with Crippen LogP contribution in [0.4, 0.5) is 0 Å². The Morgan fingerprint density at radius 1 is 0.851 bits per heavy atom. The second-order valence-corrected chi connectivity index (χ2v) is 17.8. The normalized spacial score (nSPS) is 55.4. The van der Waals surface area contributed by atoms with Gasteiger partial charge in [0, 0.05) is 11.3 Å². The molecule has 1 aliphatic heterocycles. The highest BCUT2D eigenvalue weighted by Crippen LogP contribution is 2.75. The van der Waals surface area contributed by atoms with Crippen LogP contribution in [-0.2, 0) is 14.3 Å². The van der Waals surface area contributed by atoms with Crippen molar-refractivity contribution in [3.63, 3.8) is 0 Å². The maximum absolute atomic E-state index is 14.4. The Balaban J connectivity index is 1.39. The summed E-state index contributed by atoms with van der Waals surface area (Å²) < 4.78 is 11.4. The van der Waals surface area contributed by atoms with Crippen molar-refractivity contribution < 1.29 is 55.1 Å². The standard InChI is InChI=1S/C36H58O11/c1-31(2)11-13-36(30(45)47-29-26(42)25(41)24(40)20(16-37)46-29)14-12-34(5)18(23(36)28(31)44)7-8-22-32(3)15-19(39)27(43)33(4,17-38)21(32)9-10-35(22,34)6/h7,19-29,37-44H,8-17H2,1-6H3/t19-,20+,21+,22+,23-,24-,25-,26-,27+,28+,29+,32+,33+,34-,35-,36+/m1/s1. The molecule has 0 amide bonds. The summed E-state index contributed by atoms with van der Waals surface area (Å²) in [5.41, 5.74) is -2.46. The monoisotopic (exact) mass is 666 g/mol. The zero-order valence-corrected chi connectivity index (χ0v) is 28.8. The number of hydrogen-bond acceptors (Lipinski definition) is 11. The van der Waals surface area contributed by atoms with Gasteiger partial charge in [0.05, 0.1) is 36.9 Å². The van der Waals surface area contributed by atoms with Gasteiger partial charge in [0.15, 0.2) is 0 Å². The summed E-state index contributed by atoms with van der Waals surface area (Å²) in [5.74, 6) is -1.08. The van der Waals surface area contributed by atoms with Gasteiger partial charge in [-0.1, -0.05) is 53.2 Å². The zero-order valence-electron chi connectivity index (χ0n) is 28.8. The number of hydrogen-bond donors (Lipinski definition) is 8. The van der Waals surface area contributed by atoms with Crippen molar-refractivity contribution in [1.29, 1.82) is 0 Å². The average molecular weight is 667 g/mol. The van der Waals surface area contributed by atoms with Gasteiger partial charge in [-0.15, -0.1) is 0 Å². The molecule has 6 rings (SSSR count). The lowest BCUT2D eigenvalue weighted by Crippen LogP contribution is -2.69. The topological polar surface area (TPSA) is 197 Å². The van der Waals surface area contributed by atoms with E-state index in [0.717, 1.165) is 18.4 Å². The van der Waals surface area contributed by atoms with E-state index in [1.165, 1.54) is 0 Å². The van der Waals surface area contributed by atoms with Crippen molar-refractivity contribution in [3.05, 3.63) is 11.6 Å². The molecular weight excluding hydrogens is 608 g/mol. The number of aliphatic hydroxyl groups excluding tert-OH is 8. The van der Waals surface area contributed by atoms with Gasteiger partial charge in [-0.3, -0.25) is 4.79 Å². The number of esters is 1. The van der Waals surface area contributed by atoms with Crippen molar-refractivity contribution in [3.8, 4) is 0 Å². The molecule has 268 valence electrons. The molecule has 8 N–H and O–H groups in total. The van der Waals surface area contributed by atoms with Crippen LogP contribution in [0.15, 0.2) is 11.6 Å². The van der Waals surface area contributed by atoms with E-state index in [1.54, 1.807) is 0 Å². The van der Waals surface area contributed by atoms with Crippen LogP contribution < -0.4 is 0 Å². The highest BCUT2D eigenvalue weighted by molar-refractivity contribution is 5.79. The molecule has 0 aromatic heterocycles. The molecule has 0 aromatic rings. The van der Waals surface area contributed by atoms with Crippen LogP contribution in [0.3, 0.4) is 0 Å². The third kappa shape index (κ3) is 4.67. The number of carbonyl (C=O) groups excluding carboxylic acids is 1. The molecule has 5 fully saturated rings. The third-order valence-corrected chi connectivity index (χ3v) is 15.4. The van der Waals surface area contributed by atoms with Gasteiger partial charge in [0.1, 0.15) is 24.4 Å². The summed E-state index contributed by atoms with van der Waals surface area (Å²) in [6, 6.07) is 0. The van der Waals surface area contributed by atoms with Gasteiger partial charge in [0.2, 0.25) is 6.29 Å². The van der Waals surface area contributed by atoms with E-state index in [2.05, 4.69) is 26.8 Å². The van der Waals surface area contributed by atoms with E-state index < -0.39 is 89.2 Å². The van der Waals surface area contributed by atoms with Gasteiger partial charge < -0.3 is 50.3 Å². The van der Waals surface area contributed by atoms with Crippen LogP contribution in [-0.4, -0.2) is 109 Å². The summed E-state index contributed by atoms with van der Waals surface area (Å²) in [5, 5.41) is 85.9. The number of ether oxygens (including phenoxy) is 2. The maximum Gasteiger partial charge on any atom is 0.315 e. The van der Waals surface area contributed by atoms with Gasteiger partial charge in [-0.2, -0.15) is 0 Å². The SMILES string of the molecule is CC1(C)CC[C@]2(C(=O)O[C@@H]3O[C@@H](CO)[C@@H](O)[C@@H](O)[C@H]3O)CC[C@]3(C)C(=CC[C@H]4[C@@]5(C)C[C@@H](O)[C@H](O)[C@@](C)(CO)[C@H]5CC[C@]43C)[C@@H]2[C@@H]1O. The summed E-state index contributed by atoms with van der Waals surface area (Å²) in [7, 11) is 0. The molecule has 11 heteroatoms. The third-order valence-electron chi connectivity index (χ3n) is 15.4. The van der Waals surface area contributed by atoms with Crippen molar-refractivity contribution >= 4 is 5.97 Å². The number of aliphatic hydroxyl groups is 8. The molecule has 0 spiro atoms. The van der Waals surface area contributed by atoms with Crippen molar-refractivity contribution in [1.82, 2.24) is 0 Å². The van der Waals surface area contributed by atoms with Crippen molar-refractivity contribution in [2.24, 2.45) is 50.2 Å². The second kappa shape index (κ2) is 11.4. The van der Waals surface area contributed by atoms with Gasteiger partial charge in [-0.25, -0.2) is 0 Å². The Hall–Kier alpha value is -1.15. The quantitative estimate of drug-likeness (QED) is 0.160. The first kappa shape index (κ1) is 35.7. The van der Waals surface area contributed by atoms with E-state index in [0.29, 0.717) is 38.5 Å². The first-order valence-corrected chi connectivity index (χ1v) is 17.7. The molecule has 47 heavy (non-hydrogen) atoms. The minimum atomic E-state index is -1.72. The van der Waals surface area contributed by atoms with Gasteiger partial charge in [0.25, 0.3) is 0 Å². The minimum absolute atomic E-state index is 0.00502. The van der Waals surface area contributed by atoms with E-state index in [-0.39, 0.29) is 29.3 Å². The lowest BCUT2D eigenvalue weighted by Gasteiger charge is -2.71. The van der Waals surface area contributed by atoms with Crippen LogP contribution in [0, 0.1) is 50.2 Å². The predicted octanol–water partition coefficient (Wildman–Crippen LogP) is 1.41. The average Bonchev–Trinajstić information content (AvgIpc) is 3.02. The molecule has 5 aliphatic carbocycles. The molecule has 16 atom stereocenters. The van der Waals surface area contributed by atoms with E-state index in [9.17, 15) is 45.6 Å². The predicted molar refractivity (Wildman–Crippen MR) is 169 cm³/mol. The smallest absolute Gasteiger partial charge is 0.315 e. The van der Waals surface area contributed by atoms with Crippen LogP contribution in [0.25, 0.3) is 0 Å². The zero-order chi connectivity index (χ0) is 34.7. The fraction of sp³-hybridized carbons (Fsp3) is 0.917. The van der Waals surface area contributed by atoms with E-state index in [4.69, 9.17) is 9.47 Å². The summed E-state index contributed by atoms with van der Waals surface area (Å²) >= 11 is 0. The molecule has 4 saturated carbocycles. The Kier molecular flexibility index (Phi) is 8.68. The molecule has 0 unspecified atom stereocenters. The van der Waals surface area contributed by atoms with Crippen LogP contribution in [0.1, 0.15) is 92.9 Å². The first-order valence-electron chi connectivity index (χ1n) is 17.7. The lowest BCUT2D eigenvalue weighted by atomic mass is 9.33. The Bertz CT molecular complexity index is 1270. The highest BCUT2D eigenvalue weighted by Gasteiger charge is 2.72. The van der Waals surface area contributed by atoms with Crippen LogP contribution in [0.2, 0.25) is 0 Å². The molecule has 0 aromatic carbocycles. The fourth-order valence-electron chi connectivity index (χ4n) is 12.1. The lowest BCUT2D eigenvalue weighted by molar-refractivity contribution is -0.298. The summed E-state index contributed by atoms with van der Waals surface area (Å²) in [6.45, 7) is 11.9. The Morgan fingerprint density at radius 3 is 2.15 bits per heavy atom. The molecular formula is C36H58O11. The summed E-state index contributed by atoms with van der Waals surface area (Å²) in [6.07, 6.45) is -3.62. The number of allylic oxidation sites excluding steroid dienone is 1. The fourth-order valence-corrected chi connectivity index (χ4v) is 12.1. The molecule has 1 heterocycles. The molecule has 0 bridgehead atoms. The Morgan fingerprint density at radius 2 is 1.51 bits per heavy atom. The van der Waals surface area contributed by atoms with Crippen molar-refractivity contribution in [2.75, 3.05) is 13.2 Å². The molecule has 1 saturated heterocycles. The number of carbonyl (C=O) groups is 1. The minimum Gasteiger partial charge on any atom is -0.432 e. The van der Waals surface area contributed by atoms with Gasteiger partial charge in [-0.05, 0) is 84.9 Å². The Labute approximate surface area is 278 Å². The van der Waals surface area contributed by atoms with Gasteiger partial charge >= 0.3 is 5.97 Å². The highest BCUT2D eigenvalue weighted by atomic mass is 16.7. The molecule has 11 nitrogen and oxygen atoms in total. The second-order valence-electron chi connectivity index (χ2n) is 17.8. The number of fused-ring (bicyclic) bond motifs is 7. The molecule has 6 aliphatic rings. The van der Waals surface area contributed by atoms with E-state index >= 15 is 0 Å². The first-order chi connectivity index (χ1) is 21.8. The number of rotatable bonds is 4. The largest absolute Gasteiger partial charge is 0.432 e. The van der Waals surface area contributed by atoms with Crippen molar-refractivity contribution in [2.45, 2.75) is 142 Å². The van der Waals surface area contributed by atoms with Crippen LogP contribution >= 0.6 is 0 Å². The molecule has 0 radical (unpaired) electrons.